The molecule has 0 radical (unpaired) electrons. The van der Waals surface area contributed by atoms with Gasteiger partial charge in [-0.3, -0.25) is 4.98 Å². The summed E-state index contributed by atoms with van der Waals surface area (Å²) in [6.07, 6.45) is 1.63. The van der Waals surface area contributed by atoms with E-state index in [-0.39, 0.29) is 5.02 Å². The van der Waals surface area contributed by atoms with E-state index < -0.39 is 11.9 Å². The van der Waals surface area contributed by atoms with Gasteiger partial charge >= 0.3 is 0 Å². The quantitative estimate of drug-likeness (QED) is 0.759. The van der Waals surface area contributed by atoms with Crippen LogP contribution in [0.5, 0.6) is 0 Å². The highest BCUT2D eigenvalue weighted by Crippen LogP contribution is 2.34. The molecular weight excluding hydrogens is 366 g/mol. The molecule has 0 amide bonds. The average Bonchev–Trinajstić information content (AvgIpc) is 2.44. The molecule has 0 bridgehead atoms. The van der Waals surface area contributed by atoms with Crippen molar-refractivity contribution in [3.8, 4) is 0 Å². The maximum absolute atomic E-state index is 14.4. The van der Waals surface area contributed by atoms with Gasteiger partial charge < -0.3 is 5.32 Å². The zero-order valence-electron chi connectivity index (χ0n) is 10.6. The minimum absolute atomic E-state index is 0.0532. The van der Waals surface area contributed by atoms with Crippen LogP contribution < -0.4 is 5.32 Å². The maximum Gasteiger partial charge on any atom is 0.148 e. The Morgan fingerprint density at radius 2 is 2.10 bits per heavy atom. The summed E-state index contributed by atoms with van der Waals surface area (Å²) in [5.41, 5.74) is 0.994. The van der Waals surface area contributed by atoms with Crippen molar-refractivity contribution in [2.75, 3.05) is 6.54 Å². The molecule has 106 valence electrons. The molecule has 1 heterocycles. The van der Waals surface area contributed by atoms with E-state index in [9.17, 15) is 4.39 Å². The molecule has 1 unspecified atom stereocenters. The van der Waals surface area contributed by atoms with Crippen LogP contribution in [0.25, 0.3) is 0 Å². The lowest BCUT2D eigenvalue weighted by atomic mass is 10.0. The zero-order chi connectivity index (χ0) is 14.7. The second-order valence-corrected chi connectivity index (χ2v) is 5.77. The molecule has 2 aromatic rings. The number of halogens is 4. The largest absolute Gasteiger partial charge is 0.305 e. The van der Waals surface area contributed by atoms with Crippen LogP contribution in [0.4, 0.5) is 4.39 Å². The number of nitrogens with one attached hydrogen (secondary N) is 1. The van der Waals surface area contributed by atoms with Gasteiger partial charge in [0.05, 0.1) is 21.8 Å². The van der Waals surface area contributed by atoms with Crippen molar-refractivity contribution in [2.45, 2.75) is 13.0 Å². The SMILES string of the molecule is CCNC(c1ccc(Br)c(Cl)c1F)c1ncccc1Cl. The van der Waals surface area contributed by atoms with Gasteiger partial charge in [0, 0.05) is 16.2 Å². The molecule has 1 atom stereocenters. The van der Waals surface area contributed by atoms with Gasteiger partial charge in [-0.1, -0.05) is 36.2 Å². The Kier molecular flexibility index (Phi) is 5.38. The molecule has 2 nitrogen and oxygen atoms in total. The lowest BCUT2D eigenvalue weighted by molar-refractivity contribution is 0.552. The first-order valence-corrected chi connectivity index (χ1v) is 7.58. The third-order valence-corrected chi connectivity index (χ3v) is 4.42. The predicted octanol–water partition coefficient (Wildman–Crippen LogP) is 4.99. The van der Waals surface area contributed by atoms with E-state index in [1.54, 1.807) is 30.5 Å². The highest BCUT2D eigenvalue weighted by Gasteiger charge is 2.22. The molecule has 0 saturated heterocycles. The highest BCUT2D eigenvalue weighted by molar-refractivity contribution is 9.10. The van der Waals surface area contributed by atoms with Crippen LogP contribution >= 0.6 is 39.1 Å². The van der Waals surface area contributed by atoms with Gasteiger partial charge in [0.15, 0.2) is 0 Å². The Bertz CT molecular complexity index is 622. The number of rotatable bonds is 4. The Morgan fingerprint density at radius 3 is 2.75 bits per heavy atom. The van der Waals surface area contributed by atoms with Crippen LogP contribution in [0.2, 0.25) is 10.0 Å². The minimum atomic E-state index is -0.478. The van der Waals surface area contributed by atoms with Gasteiger partial charge in [0.1, 0.15) is 5.82 Å². The van der Waals surface area contributed by atoms with Crippen molar-refractivity contribution in [2.24, 2.45) is 0 Å². The fourth-order valence-corrected chi connectivity index (χ4v) is 2.64. The summed E-state index contributed by atoms with van der Waals surface area (Å²) in [6, 6.07) is 6.40. The number of aromatic nitrogens is 1. The summed E-state index contributed by atoms with van der Waals surface area (Å²) in [7, 11) is 0. The van der Waals surface area contributed by atoms with E-state index in [1.807, 2.05) is 6.92 Å². The first-order valence-electron chi connectivity index (χ1n) is 6.03. The molecule has 1 aromatic carbocycles. The van der Waals surface area contributed by atoms with Crippen LogP contribution in [0, 0.1) is 5.82 Å². The van der Waals surface area contributed by atoms with E-state index in [1.165, 1.54) is 0 Å². The lowest BCUT2D eigenvalue weighted by Gasteiger charge is -2.20. The number of hydrogen-bond donors (Lipinski definition) is 1. The van der Waals surface area contributed by atoms with Gasteiger partial charge in [-0.25, -0.2) is 4.39 Å². The molecule has 1 N–H and O–H groups in total. The standard InChI is InChI=1S/C14H12BrCl2FN2/c1-2-19-13(14-10(16)4-3-7-20-14)8-5-6-9(15)11(17)12(8)18/h3-7,13,19H,2H2,1H3. The molecule has 1 aromatic heterocycles. The van der Waals surface area contributed by atoms with Crippen molar-refractivity contribution in [1.29, 1.82) is 0 Å². The fraction of sp³-hybridized carbons (Fsp3) is 0.214. The van der Waals surface area contributed by atoms with Crippen molar-refractivity contribution in [1.82, 2.24) is 10.3 Å². The number of nitrogens with zero attached hydrogens (tertiary/aromatic N) is 1. The highest BCUT2D eigenvalue weighted by atomic mass is 79.9. The average molecular weight is 378 g/mol. The minimum Gasteiger partial charge on any atom is -0.305 e. The van der Waals surface area contributed by atoms with Gasteiger partial charge in [0.2, 0.25) is 0 Å². The third kappa shape index (κ3) is 3.14. The molecule has 0 aliphatic rings. The first-order chi connectivity index (χ1) is 9.56. The van der Waals surface area contributed by atoms with Crippen molar-refractivity contribution >= 4 is 39.1 Å². The van der Waals surface area contributed by atoms with E-state index in [0.717, 1.165) is 0 Å². The lowest BCUT2D eigenvalue weighted by Crippen LogP contribution is -2.24. The van der Waals surface area contributed by atoms with E-state index in [2.05, 4.69) is 26.2 Å². The topological polar surface area (TPSA) is 24.9 Å². The number of hydrogen-bond acceptors (Lipinski definition) is 2. The third-order valence-electron chi connectivity index (χ3n) is 2.84. The summed E-state index contributed by atoms with van der Waals surface area (Å²) in [4.78, 5) is 4.25. The van der Waals surface area contributed by atoms with E-state index in [0.29, 0.717) is 27.3 Å². The first kappa shape index (κ1) is 15.7. The fourth-order valence-electron chi connectivity index (χ4n) is 1.93. The molecule has 0 fully saturated rings. The van der Waals surface area contributed by atoms with Gasteiger partial charge in [0.25, 0.3) is 0 Å². The van der Waals surface area contributed by atoms with Crippen molar-refractivity contribution in [3.63, 3.8) is 0 Å². The van der Waals surface area contributed by atoms with Crippen molar-refractivity contribution < 1.29 is 4.39 Å². The Morgan fingerprint density at radius 1 is 1.35 bits per heavy atom. The summed E-state index contributed by atoms with van der Waals surface area (Å²) in [5, 5.41) is 3.72. The van der Waals surface area contributed by atoms with Crippen LogP contribution in [-0.4, -0.2) is 11.5 Å². The molecule has 0 aliphatic heterocycles. The molecule has 0 aliphatic carbocycles. The van der Waals surface area contributed by atoms with E-state index >= 15 is 0 Å². The number of benzene rings is 1. The molecule has 0 saturated carbocycles. The molecule has 2 rings (SSSR count). The maximum atomic E-state index is 14.4. The Hall–Kier alpha value is -0.680. The normalized spacial score (nSPS) is 12.4. The summed E-state index contributed by atoms with van der Waals surface area (Å²) >= 11 is 15.3. The summed E-state index contributed by atoms with van der Waals surface area (Å²) in [5.74, 6) is -0.478. The molecule has 0 spiro atoms. The molecule has 20 heavy (non-hydrogen) atoms. The summed E-state index contributed by atoms with van der Waals surface area (Å²) in [6.45, 7) is 2.58. The predicted molar refractivity (Wildman–Crippen MR) is 83.9 cm³/mol. The molecular formula is C14H12BrCl2FN2. The van der Waals surface area contributed by atoms with Crippen LogP contribution in [0.15, 0.2) is 34.9 Å². The Labute approximate surface area is 135 Å². The monoisotopic (exact) mass is 376 g/mol. The van der Waals surface area contributed by atoms with E-state index in [4.69, 9.17) is 23.2 Å². The van der Waals surface area contributed by atoms with Crippen LogP contribution in [0.1, 0.15) is 24.2 Å². The van der Waals surface area contributed by atoms with Crippen LogP contribution in [-0.2, 0) is 0 Å². The van der Waals surface area contributed by atoms with Gasteiger partial charge in [-0.15, -0.1) is 0 Å². The van der Waals surface area contributed by atoms with Gasteiger partial charge in [-0.2, -0.15) is 0 Å². The zero-order valence-corrected chi connectivity index (χ0v) is 13.7. The smallest absolute Gasteiger partial charge is 0.148 e. The second kappa shape index (κ2) is 6.85. The Balaban J connectivity index is 2.55. The second-order valence-electron chi connectivity index (χ2n) is 4.13. The van der Waals surface area contributed by atoms with Crippen LogP contribution in [0.3, 0.4) is 0 Å². The van der Waals surface area contributed by atoms with Crippen molar-refractivity contribution in [3.05, 3.63) is 62.1 Å². The van der Waals surface area contributed by atoms with Gasteiger partial charge in [-0.05, 0) is 40.7 Å². The number of pyridine rings is 1. The summed E-state index contributed by atoms with van der Waals surface area (Å²) < 4.78 is 14.9. The molecule has 6 heteroatoms.